The summed E-state index contributed by atoms with van der Waals surface area (Å²) in [5.41, 5.74) is 9.64. The number of carbonyl (C=O) groups is 1. The minimum Gasteiger partial charge on any atom is -0.495 e. The number of primary amides is 1. The van der Waals surface area contributed by atoms with Crippen molar-refractivity contribution in [1.29, 1.82) is 0 Å². The van der Waals surface area contributed by atoms with Crippen molar-refractivity contribution in [3.8, 4) is 23.0 Å². The fraction of sp³-hybridized carbons (Fsp3) is 0.360. The van der Waals surface area contributed by atoms with E-state index in [1.54, 1.807) is 7.11 Å². The second-order valence-corrected chi connectivity index (χ2v) is 8.28. The number of halogens is 1. The van der Waals surface area contributed by atoms with Crippen LogP contribution in [0.25, 0.3) is 11.4 Å². The van der Waals surface area contributed by atoms with Crippen LogP contribution in [0.15, 0.2) is 36.7 Å². The van der Waals surface area contributed by atoms with Gasteiger partial charge in [0.15, 0.2) is 11.6 Å². The van der Waals surface area contributed by atoms with Crippen LogP contribution in [0.2, 0.25) is 0 Å². The van der Waals surface area contributed by atoms with E-state index < -0.39 is 11.8 Å². The largest absolute Gasteiger partial charge is 0.495 e. The van der Waals surface area contributed by atoms with E-state index in [1.165, 1.54) is 5.56 Å². The fourth-order valence-corrected chi connectivity index (χ4v) is 3.72. The maximum absolute atomic E-state index is 12.9. The number of anilines is 1. The van der Waals surface area contributed by atoms with Gasteiger partial charge in [-0.15, -0.1) is 0 Å². The lowest BCUT2D eigenvalue weighted by atomic mass is 10.0. The molecule has 0 aliphatic heterocycles. The third kappa shape index (κ3) is 7.10. The third-order valence-electron chi connectivity index (χ3n) is 5.41. The van der Waals surface area contributed by atoms with Gasteiger partial charge in [0.25, 0.3) is 0 Å². The normalized spacial score (nSPS) is 11.9. The molecule has 1 aromatic carbocycles. The van der Waals surface area contributed by atoms with Gasteiger partial charge in [0, 0.05) is 19.6 Å². The van der Waals surface area contributed by atoms with Gasteiger partial charge < -0.3 is 25.4 Å². The SMILES string of the molecule is COc1ccc(OCCN(C)C)nc1C.NC(=O)Nc1c(-c2ncc(F)cn2)ccc2c1CCC2.[HH]. The Balaban J connectivity index is 0.000000258. The van der Waals surface area contributed by atoms with Crippen molar-refractivity contribution in [1.82, 2.24) is 19.9 Å². The Kier molecular flexibility index (Phi) is 8.91. The topological polar surface area (TPSA) is 115 Å². The predicted octanol–water partition coefficient (Wildman–Crippen LogP) is 3.85. The van der Waals surface area contributed by atoms with Crippen LogP contribution in [0.4, 0.5) is 14.9 Å². The van der Waals surface area contributed by atoms with Gasteiger partial charge in [-0.2, -0.15) is 0 Å². The highest BCUT2D eigenvalue weighted by Crippen LogP contribution is 2.36. The van der Waals surface area contributed by atoms with Crippen molar-refractivity contribution in [2.75, 3.05) is 39.7 Å². The number of amides is 2. The molecule has 2 aromatic heterocycles. The van der Waals surface area contributed by atoms with Gasteiger partial charge in [-0.05, 0) is 63.5 Å². The molecule has 0 atom stereocenters. The predicted molar refractivity (Wildman–Crippen MR) is 134 cm³/mol. The van der Waals surface area contributed by atoms with E-state index in [4.69, 9.17) is 15.2 Å². The van der Waals surface area contributed by atoms with Crippen LogP contribution in [0.1, 0.15) is 24.7 Å². The minimum absolute atomic E-state index is 0. The Bertz CT molecular complexity index is 1160. The third-order valence-corrected chi connectivity index (χ3v) is 5.41. The van der Waals surface area contributed by atoms with Crippen molar-refractivity contribution in [2.45, 2.75) is 26.2 Å². The Morgan fingerprint density at radius 3 is 2.57 bits per heavy atom. The van der Waals surface area contributed by atoms with Crippen molar-refractivity contribution >= 4 is 11.7 Å². The fourth-order valence-electron chi connectivity index (χ4n) is 3.72. The average Bonchev–Trinajstić information content (AvgIpc) is 3.30. The molecule has 10 heteroatoms. The number of benzene rings is 1. The molecule has 4 rings (SSSR count). The van der Waals surface area contributed by atoms with Crippen molar-refractivity contribution in [3.05, 3.63) is 59.3 Å². The zero-order valence-corrected chi connectivity index (χ0v) is 20.5. The van der Waals surface area contributed by atoms with Gasteiger partial charge in [0.05, 0.1) is 30.9 Å². The number of hydrogen-bond acceptors (Lipinski definition) is 7. The number of hydrogen-bond donors (Lipinski definition) is 2. The molecular weight excluding hydrogens is 451 g/mol. The van der Waals surface area contributed by atoms with Crippen LogP contribution in [-0.4, -0.2) is 60.2 Å². The molecule has 2 amide bonds. The molecule has 0 unspecified atom stereocenters. The molecule has 3 N–H and O–H groups in total. The van der Waals surface area contributed by atoms with Gasteiger partial charge >= 0.3 is 6.03 Å². The number of pyridine rings is 1. The molecule has 35 heavy (non-hydrogen) atoms. The number of urea groups is 1. The van der Waals surface area contributed by atoms with E-state index in [1.807, 2.05) is 45.3 Å². The number of ether oxygens (including phenoxy) is 2. The number of aromatic nitrogens is 3. The molecule has 188 valence electrons. The molecule has 0 saturated carbocycles. The molecule has 0 fully saturated rings. The number of nitrogens with zero attached hydrogens (tertiary/aromatic N) is 4. The van der Waals surface area contributed by atoms with E-state index in [0.29, 0.717) is 29.6 Å². The average molecular weight is 485 g/mol. The first-order valence-electron chi connectivity index (χ1n) is 11.3. The van der Waals surface area contributed by atoms with Gasteiger partial charge in [-0.25, -0.2) is 24.1 Å². The highest BCUT2D eigenvalue weighted by Gasteiger charge is 2.20. The molecule has 1 aliphatic carbocycles. The molecule has 0 bridgehead atoms. The van der Waals surface area contributed by atoms with Gasteiger partial charge in [0.2, 0.25) is 5.88 Å². The quantitative estimate of drug-likeness (QED) is 0.523. The second kappa shape index (κ2) is 12.1. The summed E-state index contributed by atoms with van der Waals surface area (Å²) in [6, 6.07) is 6.89. The van der Waals surface area contributed by atoms with E-state index in [9.17, 15) is 9.18 Å². The number of aryl methyl sites for hydroxylation is 2. The first-order valence-corrected chi connectivity index (χ1v) is 11.3. The maximum Gasteiger partial charge on any atom is 0.316 e. The molecule has 3 aromatic rings. The summed E-state index contributed by atoms with van der Waals surface area (Å²) < 4.78 is 23.5. The number of fused-ring (bicyclic) bond motifs is 1. The highest BCUT2D eigenvalue weighted by molar-refractivity contribution is 5.94. The van der Waals surface area contributed by atoms with Crippen molar-refractivity contribution < 1.29 is 20.1 Å². The molecule has 1 aliphatic rings. The summed E-state index contributed by atoms with van der Waals surface area (Å²) in [5.74, 6) is 1.30. The summed E-state index contributed by atoms with van der Waals surface area (Å²) in [5, 5.41) is 2.65. The Morgan fingerprint density at radius 2 is 1.94 bits per heavy atom. The zero-order chi connectivity index (χ0) is 25.4. The molecule has 0 spiro atoms. The molecule has 0 saturated heterocycles. The van der Waals surface area contributed by atoms with Crippen molar-refractivity contribution in [2.24, 2.45) is 5.73 Å². The first-order chi connectivity index (χ1) is 16.8. The Labute approximate surface area is 206 Å². The monoisotopic (exact) mass is 484 g/mol. The summed E-state index contributed by atoms with van der Waals surface area (Å²) in [7, 11) is 5.66. The number of likely N-dealkylation sites (N-methyl/N-ethyl adjacent to an activating group) is 1. The maximum atomic E-state index is 12.9. The van der Waals surface area contributed by atoms with Crippen LogP contribution < -0.4 is 20.5 Å². The molecule has 9 nitrogen and oxygen atoms in total. The van der Waals surface area contributed by atoms with Crippen LogP contribution in [-0.2, 0) is 12.8 Å². The zero-order valence-electron chi connectivity index (χ0n) is 20.5. The number of nitrogens with one attached hydrogen (secondary N) is 1. The smallest absolute Gasteiger partial charge is 0.316 e. The molecule has 2 heterocycles. The molecule has 0 radical (unpaired) electrons. The summed E-state index contributed by atoms with van der Waals surface area (Å²) in [6.45, 7) is 3.43. The van der Waals surface area contributed by atoms with E-state index >= 15 is 0 Å². The van der Waals surface area contributed by atoms with E-state index in [2.05, 4.69) is 25.2 Å². The molecular formula is C25H33FN6O3. The number of methoxy groups -OCH3 is 1. The van der Waals surface area contributed by atoms with Gasteiger partial charge in [-0.3, -0.25) is 0 Å². The number of carbonyl (C=O) groups excluding carboxylic acids is 1. The van der Waals surface area contributed by atoms with E-state index in [-0.39, 0.29) is 1.43 Å². The van der Waals surface area contributed by atoms with Crippen LogP contribution in [0.5, 0.6) is 11.6 Å². The standard InChI is InChI=1S/C14H13FN4O.C11H18N2O2.H2/c15-9-6-17-13(18-7-9)11-5-4-8-2-1-3-10(8)12(11)19-14(16)20;1-9-10(14-4)5-6-11(12-9)15-8-7-13(2)3;/h4-7H,1-3H2,(H3,16,19,20);5-6H,7-8H2,1-4H3;1H. The Hall–Kier alpha value is -3.79. The summed E-state index contributed by atoms with van der Waals surface area (Å²) >= 11 is 0. The lowest BCUT2D eigenvalue weighted by Crippen LogP contribution is -2.21. The first kappa shape index (κ1) is 25.8. The van der Waals surface area contributed by atoms with Gasteiger partial charge in [0.1, 0.15) is 12.4 Å². The number of nitrogens with two attached hydrogens (primary N) is 1. The van der Waals surface area contributed by atoms with E-state index in [0.717, 1.165) is 55.2 Å². The van der Waals surface area contributed by atoms with Gasteiger partial charge in [-0.1, -0.05) is 6.07 Å². The Morgan fingerprint density at radius 1 is 1.20 bits per heavy atom. The van der Waals surface area contributed by atoms with Crippen molar-refractivity contribution in [3.63, 3.8) is 0 Å². The second-order valence-electron chi connectivity index (χ2n) is 8.28. The highest BCUT2D eigenvalue weighted by atomic mass is 19.1. The van der Waals surface area contributed by atoms with Crippen LogP contribution in [0, 0.1) is 12.7 Å². The van der Waals surface area contributed by atoms with Crippen LogP contribution in [0.3, 0.4) is 0 Å². The lowest BCUT2D eigenvalue weighted by molar-refractivity contribution is 0.253. The number of rotatable bonds is 7. The minimum atomic E-state index is -0.631. The van der Waals surface area contributed by atoms with Crippen LogP contribution >= 0.6 is 0 Å². The lowest BCUT2D eigenvalue weighted by Gasteiger charge is -2.13. The summed E-state index contributed by atoms with van der Waals surface area (Å²) in [4.78, 5) is 25.5. The summed E-state index contributed by atoms with van der Waals surface area (Å²) in [6.07, 6.45) is 5.09.